The maximum atomic E-state index is 12.6. The lowest BCUT2D eigenvalue weighted by Gasteiger charge is -2.33. The van der Waals surface area contributed by atoms with E-state index in [0.717, 1.165) is 5.56 Å². The Morgan fingerprint density at radius 2 is 1.79 bits per heavy atom. The minimum Gasteiger partial charge on any atom is -0.468 e. The average Bonchev–Trinajstić information content (AvgIpc) is 2.74. The molecule has 3 rings (SSSR count). The molecule has 150 valence electrons. The van der Waals surface area contributed by atoms with E-state index in [9.17, 15) is 14.4 Å². The van der Waals surface area contributed by atoms with Gasteiger partial charge in [0.25, 0.3) is 5.91 Å². The summed E-state index contributed by atoms with van der Waals surface area (Å²) in [6.45, 7) is 0.234. The zero-order chi connectivity index (χ0) is 21.0. The number of amides is 2. The molecule has 0 aliphatic carbocycles. The first-order valence-corrected chi connectivity index (χ1v) is 8.79. The number of nitrogens with one attached hydrogen (secondary N) is 1. The van der Waals surface area contributed by atoms with E-state index in [1.54, 1.807) is 24.3 Å². The summed E-state index contributed by atoms with van der Waals surface area (Å²) in [5, 5.41) is 7.41. The van der Waals surface area contributed by atoms with Crippen molar-refractivity contribution in [1.29, 1.82) is 5.41 Å². The smallest absolute Gasteiger partial charge is 0.325 e. The number of benzene rings is 1. The highest BCUT2D eigenvalue weighted by molar-refractivity contribution is 5.96. The third kappa shape index (κ3) is 4.54. The number of nitrogens with two attached hydrogens (primary N) is 1. The summed E-state index contributed by atoms with van der Waals surface area (Å²) in [7, 11) is 1.26. The van der Waals surface area contributed by atoms with E-state index in [0.29, 0.717) is 11.1 Å². The summed E-state index contributed by atoms with van der Waals surface area (Å²) in [6, 6.07) is 7.01. The third-order valence-electron chi connectivity index (χ3n) is 4.53. The number of ether oxygens (including phenoxy) is 1. The zero-order valence-electron chi connectivity index (χ0n) is 15.8. The Morgan fingerprint density at radius 1 is 1.14 bits per heavy atom. The van der Waals surface area contributed by atoms with Gasteiger partial charge in [-0.05, 0) is 5.56 Å². The highest BCUT2D eigenvalue weighted by Gasteiger charge is 2.30. The molecule has 1 fully saturated rings. The van der Waals surface area contributed by atoms with E-state index in [-0.39, 0.29) is 43.7 Å². The molecule has 0 atom stereocenters. The number of methoxy groups -OCH3 is 1. The van der Waals surface area contributed by atoms with Crippen molar-refractivity contribution in [2.45, 2.75) is 0 Å². The van der Waals surface area contributed by atoms with E-state index >= 15 is 0 Å². The summed E-state index contributed by atoms with van der Waals surface area (Å²) in [5.41, 5.74) is 7.58. The number of carbonyl (C=O) groups is 3. The Morgan fingerprint density at radius 3 is 2.34 bits per heavy atom. The van der Waals surface area contributed by atoms with Crippen molar-refractivity contribution in [2.75, 3.05) is 33.3 Å². The lowest BCUT2D eigenvalue weighted by molar-refractivity contribution is -0.148. The Labute approximate surface area is 166 Å². The fourth-order valence-electron chi connectivity index (χ4n) is 2.84. The van der Waals surface area contributed by atoms with E-state index in [1.807, 2.05) is 0 Å². The molecule has 0 saturated carbocycles. The molecule has 2 aromatic rings. The number of aromatic nitrogens is 2. The number of rotatable bonds is 5. The fourth-order valence-corrected chi connectivity index (χ4v) is 2.84. The molecule has 0 radical (unpaired) electrons. The highest BCUT2D eigenvalue weighted by Crippen LogP contribution is 2.18. The van der Waals surface area contributed by atoms with Gasteiger partial charge in [-0.15, -0.1) is 0 Å². The van der Waals surface area contributed by atoms with Crippen molar-refractivity contribution in [3.05, 3.63) is 48.0 Å². The molecule has 1 aliphatic heterocycles. The van der Waals surface area contributed by atoms with E-state index in [4.69, 9.17) is 11.1 Å². The molecule has 0 unspecified atom stereocenters. The molecule has 10 nitrogen and oxygen atoms in total. The van der Waals surface area contributed by atoms with Gasteiger partial charge in [-0.1, -0.05) is 24.3 Å². The van der Waals surface area contributed by atoms with Crippen LogP contribution in [-0.2, 0) is 14.3 Å². The number of hydrogen-bond acceptors (Lipinski definition) is 7. The van der Waals surface area contributed by atoms with Crippen molar-refractivity contribution in [3.63, 3.8) is 0 Å². The second-order valence-electron chi connectivity index (χ2n) is 6.40. The first kappa shape index (κ1) is 19.9. The first-order chi connectivity index (χ1) is 13.9. The molecular weight excluding hydrogens is 376 g/mol. The predicted molar refractivity (Wildman–Crippen MR) is 103 cm³/mol. The topological polar surface area (TPSA) is 143 Å². The fraction of sp³-hybridized carbons (Fsp3) is 0.263. The van der Waals surface area contributed by atoms with Crippen LogP contribution in [0.15, 0.2) is 36.7 Å². The molecule has 1 aromatic carbocycles. The lowest BCUT2D eigenvalue weighted by Crippen LogP contribution is -2.53. The van der Waals surface area contributed by atoms with E-state index in [2.05, 4.69) is 14.7 Å². The van der Waals surface area contributed by atoms with Crippen LogP contribution in [0.5, 0.6) is 0 Å². The van der Waals surface area contributed by atoms with Crippen LogP contribution in [0.1, 0.15) is 16.2 Å². The molecular formula is C19H20N6O4. The third-order valence-corrected chi connectivity index (χ3v) is 4.53. The molecule has 1 aromatic heterocycles. The standard InChI is InChI=1S/C19H20N6O4/c1-29-16(27)11-24-6-7-25(10-15(24)26)19(28)18-22-8-14(9-23-18)12-2-4-13(5-3-12)17(20)21/h2-5,8-9H,6-7,10-11H2,1H3,(H3,20,21). The normalized spacial score (nSPS) is 13.9. The molecule has 1 saturated heterocycles. The number of nitrogens with zero attached hydrogens (tertiary/aromatic N) is 4. The molecule has 2 heterocycles. The second-order valence-corrected chi connectivity index (χ2v) is 6.40. The van der Waals surface area contributed by atoms with Gasteiger partial charge in [0.1, 0.15) is 18.9 Å². The van der Waals surface area contributed by atoms with Gasteiger partial charge in [0.15, 0.2) is 0 Å². The molecule has 29 heavy (non-hydrogen) atoms. The van der Waals surface area contributed by atoms with Gasteiger partial charge < -0.3 is 20.3 Å². The highest BCUT2D eigenvalue weighted by atomic mass is 16.5. The van der Waals surface area contributed by atoms with Gasteiger partial charge in [0.2, 0.25) is 11.7 Å². The molecule has 3 N–H and O–H groups in total. The van der Waals surface area contributed by atoms with Crippen LogP contribution >= 0.6 is 0 Å². The van der Waals surface area contributed by atoms with Gasteiger partial charge >= 0.3 is 5.97 Å². The summed E-state index contributed by atoms with van der Waals surface area (Å²) >= 11 is 0. The minimum atomic E-state index is -0.506. The van der Waals surface area contributed by atoms with E-state index in [1.165, 1.54) is 29.3 Å². The summed E-state index contributed by atoms with van der Waals surface area (Å²) in [6.07, 6.45) is 3.05. The Kier molecular flexibility index (Phi) is 5.82. The van der Waals surface area contributed by atoms with Crippen LogP contribution < -0.4 is 5.73 Å². The Hall–Kier alpha value is -3.82. The number of hydrogen-bond donors (Lipinski definition) is 2. The van der Waals surface area contributed by atoms with E-state index < -0.39 is 11.9 Å². The number of esters is 1. The lowest BCUT2D eigenvalue weighted by atomic mass is 10.1. The summed E-state index contributed by atoms with van der Waals surface area (Å²) in [4.78, 5) is 47.1. The van der Waals surface area contributed by atoms with Crippen molar-refractivity contribution in [2.24, 2.45) is 5.73 Å². The van der Waals surface area contributed by atoms with Crippen molar-refractivity contribution < 1.29 is 19.1 Å². The van der Waals surface area contributed by atoms with Crippen molar-refractivity contribution in [3.8, 4) is 11.1 Å². The van der Waals surface area contributed by atoms with Gasteiger partial charge in [-0.3, -0.25) is 19.8 Å². The number of amidine groups is 1. The van der Waals surface area contributed by atoms with Crippen LogP contribution in [-0.4, -0.2) is 76.7 Å². The quantitative estimate of drug-likeness (QED) is 0.408. The second kappa shape index (κ2) is 8.46. The van der Waals surface area contributed by atoms with Gasteiger partial charge in [-0.2, -0.15) is 0 Å². The molecule has 0 bridgehead atoms. The van der Waals surface area contributed by atoms with Crippen LogP contribution in [0, 0.1) is 5.41 Å². The predicted octanol–water partition coefficient (Wildman–Crippen LogP) is -0.115. The molecule has 1 aliphatic rings. The SMILES string of the molecule is COC(=O)CN1CCN(C(=O)c2ncc(-c3ccc(C(=N)N)cc3)cn2)CC1=O. The first-order valence-electron chi connectivity index (χ1n) is 8.79. The van der Waals surface area contributed by atoms with Crippen LogP contribution in [0.4, 0.5) is 0 Å². The van der Waals surface area contributed by atoms with Gasteiger partial charge in [0.05, 0.1) is 7.11 Å². The van der Waals surface area contributed by atoms with Gasteiger partial charge in [-0.25, -0.2) is 9.97 Å². The van der Waals surface area contributed by atoms with Crippen LogP contribution in [0.3, 0.4) is 0 Å². The minimum absolute atomic E-state index is 0.0108. The number of piperazine rings is 1. The summed E-state index contributed by atoms with van der Waals surface area (Å²) in [5.74, 6) is -1.32. The van der Waals surface area contributed by atoms with Crippen LogP contribution in [0.2, 0.25) is 0 Å². The molecule has 2 amide bonds. The zero-order valence-corrected chi connectivity index (χ0v) is 15.8. The van der Waals surface area contributed by atoms with Crippen molar-refractivity contribution in [1.82, 2.24) is 19.8 Å². The van der Waals surface area contributed by atoms with Crippen molar-refractivity contribution >= 4 is 23.6 Å². The summed E-state index contributed by atoms with van der Waals surface area (Å²) < 4.78 is 4.56. The maximum absolute atomic E-state index is 12.6. The molecule has 10 heteroatoms. The number of carbonyl (C=O) groups excluding carboxylic acids is 3. The largest absolute Gasteiger partial charge is 0.468 e. The number of nitrogen functional groups attached to an aromatic ring is 1. The maximum Gasteiger partial charge on any atom is 0.325 e. The molecule has 0 spiro atoms. The average molecular weight is 396 g/mol. The monoisotopic (exact) mass is 396 g/mol. The van der Waals surface area contributed by atoms with Crippen LogP contribution in [0.25, 0.3) is 11.1 Å². The Bertz CT molecular complexity index is 942. The van der Waals surface area contributed by atoms with Gasteiger partial charge in [0, 0.05) is 36.6 Å². The Balaban J connectivity index is 1.65.